The van der Waals surface area contributed by atoms with E-state index in [0.717, 1.165) is 0 Å². The summed E-state index contributed by atoms with van der Waals surface area (Å²) in [6.45, 7) is 0.338. The van der Waals surface area contributed by atoms with E-state index in [2.05, 4.69) is 10.3 Å². The molecule has 1 aromatic heterocycles. The average Bonchev–Trinajstić information content (AvgIpc) is 2.35. The van der Waals surface area contributed by atoms with Gasteiger partial charge in [0.25, 0.3) is 5.91 Å². The minimum Gasteiger partial charge on any atom is -0.363 e. The fourth-order valence-corrected chi connectivity index (χ4v) is 1.33. The van der Waals surface area contributed by atoms with Crippen molar-refractivity contribution in [2.24, 2.45) is 5.73 Å². The monoisotopic (exact) mass is 249 g/mol. The first-order valence-electron chi connectivity index (χ1n) is 5.59. The highest BCUT2D eigenvalue weighted by molar-refractivity contribution is 6.35. The van der Waals surface area contributed by atoms with Crippen molar-refractivity contribution in [1.29, 1.82) is 0 Å². The van der Waals surface area contributed by atoms with Gasteiger partial charge >= 0.3 is 0 Å². The van der Waals surface area contributed by atoms with Crippen LogP contribution in [0.5, 0.6) is 0 Å². The van der Waals surface area contributed by atoms with Crippen LogP contribution in [0, 0.1) is 0 Å². The summed E-state index contributed by atoms with van der Waals surface area (Å²) < 4.78 is 0. The lowest BCUT2D eigenvalue weighted by Gasteiger charge is -2.03. The van der Waals surface area contributed by atoms with E-state index in [1.54, 1.807) is 24.4 Å². The fraction of sp³-hybridized carbons (Fsp3) is 0.333. The summed E-state index contributed by atoms with van der Waals surface area (Å²) in [5.41, 5.74) is 5.48. The van der Waals surface area contributed by atoms with Crippen LogP contribution in [0.25, 0.3) is 0 Å². The minimum atomic E-state index is -0.935. The van der Waals surface area contributed by atoms with Crippen LogP contribution in [0.3, 0.4) is 0 Å². The number of hydrogen-bond donors (Lipinski definition) is 2. The normalized spacial score (nSPS) is 9.78. The molecule has 6 heteroatoms. The van der Waals surface area contributed by atoms with Gasteiger partial charge in [-0.15, -0.1) is 0 Å². The molecule has 0 atom stereocenters. The molecule has 0 fully saturated rings. The van der Waals surface area contributed by atoms with E-state index in [1.165, 1.54) is 0 Å². The third-order valence-corrected chi connectivity index (χ3v) is 2.25. The molecule has 0 aromatic carbocycles. The topological polar surface area (TPSA) is 102 Å². The van der Waals surface area contributed by atoms with E-state index in [1.807, 2.05) is 0 Å². The molecule has 0 saturated heterocycles. The number of primary amides is 1. The highest BCUT2D eigenvalue weighted by Crippen LogP contribution is 1.95. The maximum Gasteiger partial charge on any atom is 0.284 e. The van der Waals surface area contributed by atoms with Gasteiger partial charge in [-0.3, -0.25) is 19.4 Å². The Morgan fingerprint density at radius 2 is 2.06 bits per heavy atom. The second kappa shape index (κ2) is 7.16. The SMILES string of the molecule is NC(=O)C(=O)CCCNC(=O)Cc1ccccn1. The number of ketones is 1. The largest absolute Gasteiger partial charge is 0.363 e. The van der Waals surface area contributed by atoms with Crippen molar-refractivity contribution in [3.63, 3.8) is 0 Å². The number of rotatable bonds is 7. The summed E-state index contributed by atoms with van der Waals surface area (Å²) in [6, 6.07) is 5.34. The molecule has 0 radical (unpaired) electrons. The smallest absolute Gasteiger partial charge is 0.284 e. The van der Waals surface area contributed by atoms with Gasteiger partial charge in [0.2, 0.25) is 11.7 Å². The molecule has 0 aliphatic rings. The quantitative estimate of drug-likeness (QED) is 0.506. The molecule has 18 heavy (non-hydrogen) atoms. The first kappa shape index (κ1) is 13.8. The molecule has 0 aliphatic carbocycles. The Hall–Kier alpha value is -2.24. The number of hydrogen-bond acceptors (Lipinski definition) is 4. The first-order chi connectivity index (χ1) is 8.59. The molecule has 1 aromatic rings. The predicted octanol–water partition coefficient (Wildman–Crippen LogP) is -0.425. The number of amides is 2. The number of pyridine rings is 1. The Morgan fingerprint density at radius 1 is 1.28 bits per heavy atom. The van der Waals surface area contributed by atoms with E-state index < -0.39 is 11.7 Å². The number of Topliss-reactive ketones (excluding diaryl/α,β-unsaturated/α-hetero) is 1. The molecule has 0 aliphatic heterocycles. The van der Waals surface area contributed by atoms with Crippen molar-refractivity contribution in [3.8, 4) is 0 Å². The number of aromatic nitrogens is 1. The van der Waals surface area contributed by atoms with E-state index >= 15 is 0 Å². The van der Waals surface area contributed by atoms with Crippen molar-refractivity contribution in [1.82, 2.24) is 10.3 Å². The van der Waals surface area contributed by atoms with Crippen LogP contribution in [0.2, 0.25) is 0 Å². The summed E-state index contributed by atoms with van der Waals surface area (Å²) in [5.74, 6) is -1.72. The maximum absolute atomic E-state index is 11.5. The Balaban J connectivity index is 2.18. The average molecular weight is 249 g/mol. The fourth-order valence-electron chi connectivity index (χ4n) is 1.33. The summed E-state index contributed by atoms with van der Waals surface area (Å²) in [4.78, 5) is 36.8. The van der Waals surface area contributed by atoms with Crippen LogP contribution in [-0.4, -0.2) is 29.1 Å². The van der Waals surface area contributed by atoms with Gasteiger partial charge in [0, 0.05) is 24.9 Å². The lowest BCUT2D eigenvalue weighted by Crippen LogP contribution is -2.28. The molecule has 6 nitrogen and oxygen atoms in total. The van der Waals surface area contributed by atoms with Crippen molar-refractivity contribution in [2.75, 3.05) is 6.54 Å². The van der Waals surface area contributed by atoms with Gasteiger partial charge in [0.05, 0.1) is 6.42 Å². The number of nitrogens with one attached hydrogen (secondary N) is 1. The van der Waals surface area contributed by atoms with Gasteiger partial charge in [-0.2, -0.15) is 0 Å². The summed E-state index contributed by atoms with van der Waals surface area (Å²) in [7, 11) is 0. The molecule has 0 spiro atoms. The number of carbonyl (C=O) groups is 3. The van der Waals surface area contributed by atoms with E-state index in [-0.39, 0.29) is 18.7 Å². The van der Waals surface area contributed by atoms with Gasteiger partial charge in [-0.05, 0) is 18.6 Å². The van der Waals surface area contributed by atoms with E-state index in [9.17, 15) is 14.4 Å². The van der Waals surface area contributed by atoms with Gasteiger partial charge < -0.3 is 11.1 Å². The molecule has 3 N–H and O–H groups in total. The van der Waals surface area contributed by atoms with Crippen molar-refractivity contribution >= 4 is 17.6 Å². The van der Waals surface area contributed by atoms with Gasteiger partial charge in [-0.1, -0.05) is 6.07 Å². The van der Waals surface area contributed by atoms with Crippen LogP contribution >= 0.6 is 0 Å². The molecule has 0 unspecified atom stereocenters. The zero-order valence-corrected chi connectivity index (χ0v) is 9.89. The van der Waals surface area contributed by atoms with Crippen LogP contribution in [0.1, 0.15) is 18.5 Å². The number of nitrogens with two attached hydrogens (primary N) is 1. The Labute approximate surface area is 105 Å². The molecule has 2 amide bonds. The highest BCUT2D eigenvalue weighted by atomic mass is 16.2. The van der Waals surface area contributed by atoms with Crippen molar-refractivity contribution in [3.05, 3.63) is 30.1 Å². The standard InChI is InChI=1S/C12H15N3O3/c13-12(18)10(16)5-3-7-15-11(17)8-9-4-1-2-6-14-9/h1-2,4,6H,3,5,7-8H2,(H2,13,18)(H,15,17). The van der Waals surface area contributed by atoms with Crippen LogP contribution in [0.15, 0.2) is 24.4 Å². The van der Waals surface area contributed by atoms with Crippen molar-refractivity contribution < 1.29 is 14.4 Å². The minimum absolute atomic E-state index is 0.0548. The number of carbonyl (C=O) groups excluding carboxylic acids is 3. The third-order valence-electron chi connectivity index (χ3n) is 2.25. The lowest BCUT2D eigenvalue weighted by molar-refractivity contribution is -0.136. The zero-order valence-electron chi connectivity index (χ0n) is 9.89. The molecule has 1 heterocycles. The van der Waals surface area contributed by atoms with Crippen LogP contribution < -0.4 is 11.1 Å². The van der Waals surface area contributed by atoms with Crippen LogP contribution in [-0.2, 0) is 20.8 Å². The zero-order chi connectivity index (χ0) is 13.4. The molecule has 1 rings (SSSR count). The highest BCUT2D eigenvalue weighted by Gasteiger charge is 2.08. The molecular formula is C12H15N3O3. The van der Waals surface area contributed by atoms with Crippen LogP contribution in [0.4, 0.5) is 0 Å². The second-order valence-electron chi connectivity index (χ2n) is 3.74. The van der Waals surface area contributed by atoms with Gasteiger partial charge in [-0.25, -0.2) is 0 Å². The molecule has 0 saturated carbocycles. The van der Waals surface area contributed by atoms with Gasteiger partial charge in [0.15, 0.2) is 0 Å². The second-order valence-corrected chi connectivity index (χ2v) is 3.74. The Kier molecular flexibility index (Phi) is 5.50. The van der Waals surface area contributed by atoms with Gasteiger partial charge in [0.1, 0.15) is 0 Å². The summed E-state index contributed by atoms with van der Waals surface area (Å²) in [5, 5.41) is 2.64. The van der Waals surface area contributed by atoms with E-state index in [4.69, 9.17) is 5.73 Å². The summed E-state index contributed by atoms with van der Waals surface area (Å²) in [6.07, 6.45) is 2.27. The predicted molar refractivity (Wildman–Crippen MR) is 64.4 cm³/mol. The molecule has 96 valence electrons. The molecular weight excluding hydrogens is 234 g/mol. The Bertz CT molecular complexity index is 431. The first-order valence-corrected chi connectivity index (χ1v) is 5.59. The Morgan fingerprint density at radius 3 is 2.67 bits per heavy atom. The number of nitrogens with zero attached hydrogens (tertiary/aromatic N) is 1. The van der Waals surface area contributed by atoms with E-state index in [0.29, 0.717) is 18.7 Å². The maximum atomic E-state index is 11.5. The summed E-state index contributed by atoms with van der Waals surface area (Å²) >= 11 is 0. The van der Waals surface area contributed by atoms with Crippen molar-refractivity contribution in [2.45, 2.75) is 19.3 Å². The molecule has 0 bridgehead atoms. The lowest BCUT2D eigenvalue weighted by atomic mass is 10.2. The third kappa shape index (κ3) is 5.20.